The maximum absolute atomic E-state index is 13.4. The number of anilines is 1. The number of benzene rings is 1. The minimum atomic E-state index is -0.301. The zero-order valence-corrected chi connectivity index (χ0v) is 20.3. The molecule has 0 unspecified atom stereocenters. The van der Waals surface area contributed by atoms with Gasteiger partial charge in [0, 0.05) is 69.8 Å². The molecule has 3 rings (SSSR count). The molecule has 2 aromatic rings. The number of nitrogens with zero attached hydrogens (tertiary/aromatic N) is 3. The molecule has 0 radical (unpaired) electrons. The van der Waals surface area contributed by atoms with Crippen molar-refractivity contribution in [3.05, 3.63) is 53.9 Å². The van der Waals surface area contributed by atoms with Crippen LogP contribution in [0.3, 0.4) is 0 Å². The van der Waals surface area contributed by atoms with Crippen molar-refractivity contribution in [2.75, 3.05) is 39.2 Å². The molecule has 0 saturated heterocycles. The molecule has 1 N–H and O–H groups in total. The van der Waals surface area contributed by atoms with Gasteiger partial charge in [0.05, 0.1) is 17.7 Å². The summed E-state index contributed by atoms with van der Waals surface area (Å²) in [4.78, 5) is 45.5. The Morgan fingerprint density at radius 2 is 1.85 bits per heavy atom. The summed E-state index contributed by atoms with van der Waals surface area (Å²) < 4.78 is 11.8. The lowest BCUT2D eigenvalue weighted by molar-refractivity contribution is -0.114. The van der Waals surface area contributed by atoms with E-state index in [0.717, 1.165) is 0 Å². The third-order valence-electron chi connectivity index (χ3n) is 5.96. The van der Waals surface area contributed by atoms with Crippen molar-refractivity contribution < 1.29 is 23.9 Å². The third-order valence-corrected chi connectivity index (χ3v) is 5.96. The molecule has 1 aromatic heterocycles. The van der Waals surface area contributed by atoms with E-state index in [9.17, 15) is 14.4 Å². The van der Waals surface area contributed by atoms with Gasteiger partial charge in [-0.3, -0.25) is 19.4 Å². The van der Waals surface area contributed by atoms with E-state index >= 15 is 0 Å². The number of pyridine rings is 1. The molecular formula is C25H32N4O5. The monoisotopic (exact) mass is 468 g/mol. The van der Waals surface area contributed by atoms with Gasteiger partial charge in [0.15, 0.2) is 0 Å². The van der Waals surface area contributed by atoms with E-state index in [1.807, 2.05) is 13.8 Å². The summed E-state index contributed by atoms with van der Waals surface area (Å²) in [5, 5.41) is 2.71. The van der Waals surface area contributed by atoms with Crippen molar-refractivity contribution >= 4 is 23.4 Å². The molecule has 182 valence electrons. The zero-order valence-electron chi connectivity index (χ0n) is 20.3. The van der Waals surface area contributed by atoms with Gasteiger partial charge >= 0.3 is 0 Å². The Bertz CT molecular complexity index is 1030. The Morgan fingerprint density at radius 3 is 2.50 bits per heavy atom. The van der Waals surface area contributed by atoms with Crippen molar-refractivity contribution in [1.29, 1.82) is 0 Å². The van der Waals surface area contributed by atoms with Crippen molar-refractivity contribution in [2.24, 2.45) is 5.92 Å². The highest BCUT2D eigenvalue weighted by Crippen LogP contribution is 2.27. The third kappa shape index (κ3) is 5.91. The average molecular weight is 469 g/mol. The molecule has 2 heterocycles. The van der Waals surface area contributed by atoms with Gasteiger partial charge in [0.2, 0.25) is 5.91 Å². The number of methoxy groups -OCH3 is 1. The minimum absolute atomic E-state index is 0.0467. The molecule has 1 aliphatic rings. The Balaban J connectivity index is 2.00. The molecule has 3 amide bonds. The van der Waals surface area contributed by atoms with Crippen molar-refractivity contribution in [3.63, 3.8) is 0 Å². The number of hydrogen-bond acceptors (Lipinski definition) is 6. The molecule has 0 aliphatic carbocycles. The van der Waals surface area contributed by atoms with Gasteiger partial charge in [0.25, 0.3) is 11.8 Å². The number of likely N-dealkylation sites (N-methyl/N-ethyl adjacent to an activating group) is 1. The highest BCUT2D eigenvalue weighted by atomic mass is 16.5. The van der Waals surface area contributed by atoms with Crippen molar-refractivity contribution in [2.45, 2.75) is 32.9 Å². The van der Waals surface area contributed by atoms with Crippen LogP contribution in [-0.2, 0) is 9.53 Å². The fourth-order valence-corrected chi connectivity index (χ4v) is 4.00. The SMILES string of the molecule is CO[C@H]1CN(C)C(=O)c2ccc(NC(C)=O)cc2OC[C@@H](C)N(C(=O)c2ccncc2)C[C@@H]1C. The summed E-state index contributed by atoms with van der Waals surface area (Å²) in [6.07, 6.45) is 2.90. The number of fused-ring (bicyclic) bond motifs is 1. The molecule has 0 spiro atoms. The summed E-state index contributed by atoms with van der Waals surface area (Å²) in [5.74, 6) is -0.273. The predicted molar refractivity (Wildman–Crippen MR) is 128 cm³/mol. The number of rotatable bonds is 3. The van der Waals surface area contributed by atoms with Gasteiger partial charge in [-0.25, -0.2) is 0 Å². The lowest BCUT2D eigenvalue weighted by Crippen LogP contribution is -2.48. The maximum atomic E-state index is 13.4. The van der Waals surface area contributed by atoms with Gasteiger partial charge in [-0.15, -0.1) is 0 Å². The Labute approximate surface area is 200 Å². The van der Waals surface area contributed by atoms with Crippen LogP contribution in [0.15, 0.2) is 42.7 Å². The first-order chi connectivity index (χ1) is 16.2. The number of ether oxygens (including phenoxy) is 2. The van der Waals surface area contributed by atoms with Gasteiger partial charge in [0.1, 0.15) is 12.4 Å². The van der Waals surface area contributed by atoms with E-state index in [2.05, 4.69) is 10.3 Å². The fraction of sp³-hybridized carbons (Fsp3) is 0.440. The summed E-state index contributed by atoms with van der Waals surface area (Å²) >= 11 is 0. The van der Waals surface area contributed by atoms with Crippen molar-refractivity contribution in [1.82, 2.24) is 14.8 Å². The summed E-state index contributed by atoms with van der Waals surface area (Å²) in [7, 11) is 3.32. The van der Waals surface area contributed by atoms with Crippen LogP contribution in [-0.4, -0.2) is 78.5 Å². The standard InChI is InChI=1S/C25H32N4O5/c1-16-13-29(24(31)19-8-10-26-11-9-19)17(2)15-34-22-12-20(27-18(3)30)6-7-21(22)25(32)28(4)14-23(16)33-5/h6-12,16-17,23H,13-15H2,1-5H3,(H,27,30)/t16-,17+,23-/m0/s1. The lowest BCUT2D eigenvalue weighted by atomic mass is 10.0. The number of carbonyl (C=O) groups excluding carboxylic acids is 3. The van der Waals surface area contributed by atoms with E-state index in [-0.39, 0.29) is 42.4 Å². The predicted octanol–water partition coefficient (Wildman–Crippen LogP) is 2.69. The number of amides is 3. The Kier molecular flexibility index (Phi) is 8.22. The topological polar surface area (TPSA) is 101 Å². The van der Waals surface area contributed by atoms with Crippen LogP contribution < -0.4 is 10.1 Å². The summed E-state index contributed by atoms with van der Waals surface area (Å²) in [6.45, 7) is 6.25. The van der Waals surface area contributed by atoms with Crippen LogP contribution in [0.4, 0.5) is 5.69 Å². The number of hydrogen-bond donors (Lipinski definition) is 1. The Hall–Kier alpha value is -3.46. The van der Waals surface area contributed by atoms with E-state index in [4.69, 9.17) is 9.47 Å². The molecule has 3 atom stereocenters. The number of nitrogens with one attached hydrogen (secondary N) is 1. The van der Waals surface area contributed by atoms with Crippen LogP contribution in [0.1, 0.15) is 41.5 Å². The van der Waals surface area contributed by atoms with Crippen LogP contribution in [0.2, 0.25) is 0 Å². The first kappa shape index (κ1) is 25.2. The second-order valence-electron chi connectivity index (χ2n) is 8.68. The normalized spacial score (nSPS) is 21.6. The van der Waals surface area contributed by atoms with Crippen LogP contribution in [0.25, 0.3) is 0 Å². The van der Waals surface area contributed by atoms with Gasteiger partial charge in [-0.1, -0.05) is 6.92 Å². The Morgan fingerprint density at radius 1 is 1.15 bits per heavy atom. The molecule has 0 fully saturated rings. The molecule has 1 aromatic carbocycles. The molecule has 1 aliphatic heterocycles. The molecule has 34 heavy (non-hydrogen) atoms. The van der Waals surface area contributed by atoms with Crippen LogP contribution >= 0.6 is 0 Å². The molecule has 9 heteroatoms. The lowest BCUT2D eigenvalue weighted by Gasteiger charge is -2.36. The van der Waals surface area contributed by atoms with Gasteiger partial charge in [-0.2, -0.15) is 0 Å². The smallest absolute Gasteiger partial charge is 0.257 e. The second kappa shape index (κ2) is 11.1. The molecular weight excluding hydrogens is 436 g/mol. The average Bonchev–Trinajstić information content (AvgIpc) is 2.82. The van der Waals surface area contributed by atoms with E-state index in [1.165, 1.54) is 6.92 Å². The molecule has 0 saturated carbocycles. The van der Waals surface area contributed by atoms with E-state index in [0.29, 0.717) is 35.7 Å². The summed E-state index contributed by atoms with van der Waals surface area (Å²) in [5.41, 5.74) is 1.43. The quantitative estimate of drug-likeness (QED) is 0.743. The largest absolute Gasteiger partial charge is 0.491 e. The maximum Gasteiger partial charge on any atom is 0.257 e. The van der Waals surface area contributed by atoms with Crippen LogP contribution in [0.5, 0.6) is 5.75 Å². The number of carbonyl (C=O) groups is 3. The second-order valence-corrected chi connectivity index (χ2v) is 8.68. The fourth-order valence-electron chi connectivity index (χ4n) is 4.00. The zero-order chi connectivity index (χ0) is 24.8. The minimum Gasteiger partial charge on any atom is -0.491 e. The molecule has 0 bridgehead atoms. The number of aromatic nitrogens is 1. The first-order valence-electron chi connectivity index (χ1n) is 11.2. The van der Waals surface area contributed by atoms with E-state index < -0.39 is 0 Å². The molecule has 9 nitrogen and oxygen atoms in total. The van der Waals surface area contributed by atoms with E-state index in [1.54, 1.807) is 66.7 Å². The first-order valence-corrected chi connectivity index (χ1v) is 11.2. The van der Waals surface area contributed by atoms with Crippen LogP contribution in [0, 0.1) is 5.92 Å². The van der Waals surface area contributed by atoms with Gasteiger partial charge < -0.3 is 24.6 Å². The highest BCUT2D eigenvalue weighted by molar-refractivity contribution is 5.98. The highest BCUT2D eigenvalue weighted by Gasteiger charge is 2.30. The van der Waals surface area contributed by atoms with Gasteiger partial charge in [-0.05, 0) is 31.2 Å². The summed E-state index contributed by atoms with van der Waals surface area (Å²) in [6, 6.07) is 8.01. The van der Waals surface area contributed by atoms with Crippen molar-refractivity contribution in [3.8, 4) is 5.75 Å².